The maximum atomic E-state index is 12.7. The second kappa shape index (κ2) is 41.1. The Bertz CT molecular complexity index is 5810. The molecule has 8 heterocycles. The number of unbranched alkanes of at least 4 members (excludes halogenated alkanes) is 3. The monoisotopic (exact) mass is 1830 g/mol. The fourth-order valence-corrected chi connectivity index (χ4v) is 21.4. The van der Waals surface area contributed by atoms with Crippen LogP contribution in [0.4, 0.5) is 4.79 Å². The Balaban J connectivity index is 0.000000169. The highest BCUT2D eigenvalue weighted by Crippen LogP contribution is 2.59. The molecule has 5 saturated heterocycles. The molecule has 123 heavy (non-hydrogen) atoms. The molecule has 42 nitrogen and oxygen atoms in total. The lowest BCUT2D eigenvalue weighted by Crippen LogP contribution is -2.40. The Hall–Kier alpha value is -8.73. The molecule has 0 amide bonds. The first-order valence-electron chi connectivity index (χ1n) is 37.8. The largest absolute Gasteiger partial charge is 0.778 e. The van der Waals surface area contributed by atoms with E-state index in [1.54, 1.807) is 54.6 Å². The van der Waals surface area contributed by atoms with Crippen molar-refractivity contribution in [3.05, 3.63) is 274 Å². The van der Waals surface area contributed by atoms with Crippen LogP contribution in [0.1, 0.15) is 74.4 Å². The highest BCUT2D eigenvalue weighted by atomic mass is 31.3. The van der Waals surface area contributed by atoms with Crippen LogP contribution >= 0.6 is 46.3 Å². The van der Waals surface area contributed by atoms with Crippen molar-refractivity contribution < 1.29 is 141 Å². The molecular weight excluding hydrogens is 1750 g/mol. The van der Waals surface area contributed by atoms with E-state index in [2.05, 4.69) is 22.9 Å². The third-order valence-corrected chi connectivity index (χ3v) is 28.4. The second-order valence-electron chi connectivity index (χ2n) is 27.9. The first-order valence-corrected chi connectivity index (χ1v) is 47.2. The number of hydrogen-bond acceptors (Lipinski definition) is 36. The minimum atomic E-state index is -5.58. The lowest BCUT2D eigenvalue weighted by atomic mass is 10.1. The third kappa shape index (κ3) is 25.6. The van der Waals surface area contributed by atoms with Crippen molar-refractivity contribution in [2.24, 2.45) is 0 Å². The third-order valence-electron chi connectivity index (χ3n) is 19.2. The smallest absolute Gasteiger partial charge is 0.514 e. The number of hydrogen-bond donors (Lipinski definition) is 4. The zero-order valence-electron chi connectivity index (χ0n) is 64.8. The highest BCUT2D eigenvalue weighted by molar-refractivity contribution is 7.68. The van der Waals surface area contributed by atoms with E-state index in [1.165, 1.54) is 49.8 Å². The number of aromatic nitrogens is 6. The first-order chi connectivity index (χ1) is 58.5. The number of H-pyrrole nitrogens is 3. The Kier molecular flexibility index (Phi) is 31.3. The number of nitrogens with one attached hydrogen (secondary N) is 3. The number of phosphoric acid groups is 3. The quantitative estimate of drug-likeness (QED) is 0.0193. The summed E-state index contributed by atoms with van der Waals surface area (Å²) in [5, 5.41) is 11.8. The van der Waals surface area contributed by atoms with E-state index in [-0.39, 0.29) is 12.2 Å². The maximum absolute atomic E-state index is 12.7. The SMILES string of the molecule is CCCCCCP(=O)([O-])OP(=O)([O-])OC[C@H]1O[C@@H](n2ccc(=O)[nH]c2=O)C2OC(Cc3ccccc3)O[C@H]21.COc1ccc(P(=O)([O-])OP(=O)([O-])OC[C@H]2O[C@@H](n3ccc(=O)[nH]c3=O)C3OC(CCc4ccccc4)O[C@H]32)cc1.O=C(Oc1ccccc1)O[C@@H]1C(O)[C@H](n2ccc(=O)[nH]c2=O)O[C@@H]1COP(=O)([O-])OP(=O)([O-])Cc1cccc2ccccc12. The van der Waals surface area contributed by atoms with Crippen molar-refractivity contribution in [2.75, 3.05) is 33.1 Å². The van der Waals surface area contributed by atoms with Gasteiger partial charge in [-0.05, 0) is 76.7 Å². The number of para-hydroxylation sites is 1. The van der Waals surface area contributed by atoms with Gasteiger partial charge in [-0.2, -0.15) is 0 Å². The molecule has 0 bridgehead atoms. The van der Waals surface area contributed by atoms with Crippen LogP contribution in [0.5, 0.6) is 11.5 Å². The predicted octanol–water partition coefficient (Wildman–Crippen LogP) is 3.78. The summed E-state index contributed by atoms with van der Waals surface area (Å²) < 4.78 is 162. The zero-order chi connectivity index (χ0) is 88.0. The van der Waals surface area contributed by atoms with E-state index in [4.69, 9.17) is 60.9 Å². The van der Waals surface area contributed by atoms with Crippen LogP contribution in [-0.2, 0) is 111 Å². The van der Waals surface area contributed by atoms with Crippen molar-refractivity contribution in [1.82, 2.24) is 28.7 Å². The molecule has 48 heteroatoms. The number of carbonyl (C=O) groups excluding carboxylic acids is 1. The molecule has 5 fully saturated rings. The molecule has 9 aromatic rings. The van der Waals surface area contributed by atoms with Crippen LogP contribution in [-0.4, -0.2) is 141 Å². The molecule has 4 N–H and O–H groups in total. The Morgan fingerprint density at radius 2 is 0.935 bits per heavy atom. The average molecular weight is 1830 g/mol. The number of methoxy groups -OCH3 is 1. The van der Waals surface area contributed by atoms with Crippen molar-refractivity contribution in [1.29, 1.82) is 0 Å². The summed E-state index contributed by atoms with van der Waals surface area (Å²) in [4.78, 5) is 165. The summed E-state index contributed by atoms with van der Waals surface area (Å²) in [5.74, 6) is 0.446. The number of nitrogens with zero attached hydrogens (tertiary/aromatic N) is 3. The molecule has 5 aliphatic rings. The lowest BCUT2D eigenvalue weighted by molar-refractivity contribution is -0.236. The number of phosphoric ester groups is 3. The zero-order valence-corrected chi connectivity index (χ0v) is 70.2. The van der Waals surface area contributed by atoms with E-state index < -0.39 is 210 Å². The number of carbonyl (C=O) groups is 1. The average Bonchev–Trinajstić information content (AvgIpc) is 1.61. The summed E-state index contributed by atoms with van der Waals surface area (Å²) in [6.07, 6.45) is -11.0. The van der Waals surface area contributed by atoms with Gasteiger partial charge in [-0.15, -0.1) is 0 Å². The number of aliphatic hydroxyl groups is 1. The van der Waals surface area contributed by atoms with Gasteiger partial charge in [-0.3, -0.25) is 69.7 Å². The van der Waals surface area contributed by atoms with Gasteiger partial charge in [0.1, 0.15) is 75.5 Å². The fourth-order valence-electron chi connectivity index (χ4n) is 13.6. The summed E-state index contributed by atoms with van der Waals surface area (Å²) in [6, 6.07) is 46.6. The minimum absolute atomic E-state index is 0.0851. The first kappa shape index (κ1) is 93.4. The lowest BCUT2D eigenvalue weighted by Gasteiger charge is -2.32. The van der Waals surface area contributed by atoms with Crippen molar-refractivity contribution >= 4 is 68.5 Å². The van der Waals surface area contributed by atoms with E-state index in [1.807, 2.05) is 72.6 Å². The van der Waals surface area contributed by atoms with E-state index in [0.717, 1.165) is 79.6 Å². The Morgan fingerprint density at radius 1 is 0.472 bits per heavy atom. The van der Waals surface area contributed by atoms with Crippen LogP contribution < -0.4 is 77.9 Å². The molecule has 11 unspecified atom stereocenters. The van der Waals surface area contributed by atoms with Gasteiger partial charge in [0, 0.05) is 67.3 Å². The van der Waals surface area contributed by atoms with E-state index in [0.29, 0.717) is 42.4 Å². The van der Waals surface area contributed by atoms with E-state index >= 15 is 0 Å². The Morgan fingerprint density at radius 3 is 1.48 bits per heavy atom. The van der Waals surface area contributed by atoms with Gasteiger partial charge in [-0.1, -0.05) is 148 Å². The van der Waals surface area contributed by atoms with Crippen LogP contribution in [0.25, 0.3) is 10.8 Å². The number of ether oxygens (including phenoxy) is 10. The second-order valence-corrected chi connectivity index (χ2v) is 38.1. The van der Waals surface area contributed by atoms with Crippen LogP contribution in [0.3, 0.4) is 0 Å². The molecule has 0 saturated carbocycles. The molecule has 0 spiro atoms. The molecule has 5 aliphatic heterocycles. The summed E-state index contributed by atoms with van der Waals surface area (Å²) >= 11 is 0. The fraction of sp³-hybridized carbons (Fsp3) is 0.373. The number of benzene rings is 6. The van der Waals surface area contributed by atoms with Gasteiger partial charge in [-0.25, -0.2) is 19.2 Å². The number of aromatic amines is 3. The molecule has 0 aliphatic carbocycles. The standard InChI is InChI=1S/C27H26N2O13P2.C25H28N2O12P2.C23H32N2O11P2/c30-22-13-14-29(26(32)28-22)25-23(31)24(41-27(33)39-19-10-2-1-3-11-19)21(40-25)15-38-44(36,37)42-43(34,35)16-18-9-6-8-17-7-4-5-12-20(17)18;1-34-17-8-10-18(11-9-17)40(30,31)39-41(32,33)35-15-19-22-23(24(36-19)27-14-13-20(28)26-25(27)29)38-21(37-22)12-7-16-5-3-2-4-6-16;1-2-3-4-8-13-37(28,29)36-38(30,31)32-15-17-20-21(22(33-17)25-12-11-18(26)24-23(25)27)35-19(34-20)14-16-9-6-5-7-10-16/h1-14,21,23-25,31H,15-16H2,(H,34,35)(H,36,37)(H,28,30,32);2-6,8-11,13-14,19,21-24H,7,12,15H2,1H3,(H,30,31)(H,32,33)(H,26,28,29);5-7,9-12,17,19-22H,2-4,8,13-15H2,1H3,(H,28,29)(H,30,31)(H,24,26,27)/p-6/t21-,23?,24+,25-;19-,21?,22+,23?,24-;17-,19?,20+,21?,22-/m111/s1. The summed E-state index contributed by atoms with van der Waals surface area (Å²) in [6.45, 7) is -0.393. The van der Waals surface area contributed by atoms with Crippen molar-refractivity contribution in [2.45, 2.75) is 144 Å². The number of aliphatic hydroxyl groups excluding tert-OH is 1. The molecule has 6 aromatic carbocycles. The minimum Gasteiger partial charge on any atom is -0.778 e. The number of fused-ring (bicyclic) bond motifs is 3. The van der Waals surface area contributed by atoms with Gasteiger partial charge < -0.3 is 109 Å². The molecular formula is C75H80N6O36P6-6. The van der Waals surface area contributed by atoms with Crippen LogP contribution in [0.15, 0.2) is 223 Å². The van der Waals surface area contributed by atoms with Gasteiger partial charge in [0.25, 0.3) is 40.1 Å². The topological polar surface area (TPSA) is 590 Å². The molecule has 3 aromatic heterocycles. The van der Waals surface area contributed by atoms with Gasteiger partial charge in [0.2, 0.25) is 0 Å². The van der Waals surface area contributed by atoms with Crippen LogP contribution in [0.2, 0.25) is 0 Å². The summed E-state index contributed by atoms with van der Waals surface area (Å²) in [7, 11) is -29.7. The van der Waals surface area contributed by atoms with Gasteiger partial charge >= 0.3 is 23.2 Å². The maximum Gasteiger partial charge on any atom is 0.514 e. The molecule has 662 valence electrons. The Labute approximate surface area is 697 Å². The van der Waals surface area contributed by atoms with E-state index in [9.17, 15) is 95.4 Å². The van der Waals surface area contributed by atoms with Crippen molar-refractivity contribution in [3.8, 4) is 11.5 Å². The van der Waals surface area contributed by atoms with Crippen LogP contribution in [0, 0.1) is 0 Å². The molecule has 20 atom stereocenters. The van der Waals surface area contributed by atoms with Gasteiger partial charge in [0.15, 0.2) is 45.0 Å². The molecule has 0 radical (unpaired) electrons. The van der Waals surface area contributed by atoms with Crippen molar-refractivity contribution in [3.63, 3.8) is 0 Å². The van der Waals surface area contributed by atoms with Gasteiger partial charge in [0.05, 0.1) is 26.9 Å². The number of aryl methyl sites for hydroxylation is 1. The summed E-state index contributed by atoms with van der Waals surface area (Å²) in [5.41, 5.74) is -2.23. The normalized spacial score (nSPS) is 25.6. The predicted molar refractivity (Wildman–Crippen MR) is 417 cm³/mol. The number of rotatable bonds is 34. The molecule has 14 rings (SSSR count). The highest BCUT2D eigenvalue weighted by Gasteiger charge is 2.56.